The number of aryl methyl sites for hydroxylation is 1. The Morgan fingerprint density at radius 1 is 1.29 bits per heavy atom. The fraction of sp³-hybridized carbons (Fsp3) is 0.294. The second-order valence-corrected chi connectivity index (χ2v) is 5.15. The maximum absolute atomic E-state index is 12.6. The van der Waals surface area contributed by atoms with E-state index in [0.29, 0.717) is 22.8 Å². The first kappa shape index (κ1) is 17.2. The van der Waals surface area contributed by atoms with Crippen LogP contribution >= 0.6 is 0 Å². The van der Waals surface area contributed by atoms with E-state index in [4.69, 9.17) is 14.7 Å². The summed E-state index contributed by atoms with van der Waals surface area (Å²) in [7, 11) is 2.94. The fourth-order valence-electron chi connectivity index (χ4n) is 2.26. The molecule has 7 nitrogen and oxygen atoms in total. The third-order valence-corrected chi connectivity index (χ3v) is 3.75. The average molecular weight is 327 g/mol. The Hall–Kier alpha value is -3.14. The molecule has 1 heterocycles. The van der Waals surface area contributed by atoms with Crippen molar-refractivity contribution in [3.8, 4) is 17.6 Å². The maximum atomic E-state index is 12.6. The van der Waals surface area contributed by atoms with Gasteiger partial charge in [0.25, 0.3) is 5.56 Å². The molecule has 0 amide bonds. The summed E-state index contributed by atoms with van der Waals surface area (Å²) in [6.45, 7) is 3.04. The lowest BCUT2D eigenvalue weighted by Crippen LogP contribution is -2.30. The number of nitriles is 1. The number of ether oxygens (including phenoxy) is 2. The molecule has 0 saturated carbocycles. The summed E-state index contributed by atoms with van der Waals surface area (Å²) in [4.78, 5) is 24.9. The molecule has 1 aromatic heterocycles. The number of hydrogen-bond acceptors (Lipinski definition) is 6. The Kier molecular flexibility index (Phi) is 4.99. The quantitative estimate of drug-likeness (QED) is 0.775. The Balaban J connectivity index is 2.47. The lowest BCUT2D eigenvalue weighted by molar-refractivity contribution is 0.0962. The van der Waals surface area contributed by atoms with E-state index in [1.807, 2.05) is 6.07 Å². The third-order valence-electron chi connectivity index (χ3n) is 3.75. The van der Waals surface area contributed by atoms with Crippen molar-refractivity contribution in [1.82, 2.24) is 9.78 Å². The predicted octanol–water partition coefficient (Wildman–Crippen LogP) is 1.63. The van der Waals surface area contributed by atoms with E-state index in [-0.39, 0.29) is 23.5 Å². The van der Waals surface area contributed by atoms with Gasteiger partial charge in [0.2, 0.25) is 0 Å². The summed E-state index contributed by atoms with van der Waals surface area (Å²) < 4.78 is 11.3. The highest BCUT2D eigenvalue weighted by Crippen LogP contribution is 2.24. The van der Waals surface area contributed by atoms with Crippen LogP contribution in [0.2, 0.25) is 0 Å². The van der Waals surface area contributed by atoms with Crippen LogP contribution in [-0.4, -0.2) is 29.8 Å². The van der Waals surface area contributed by atoms with Crippen LogP contribution in [0.4, 0.5) is 0 Å². The summed E-state index contributed by atoms with van der Waals surface area (Å²) in [5, 5.41) is 13.2. The number of benzene rings is 1. The van der Waals surface area contributed by atoms with Gasteiger partial charge in [0.05, 0.1) is 25.5 Å². The summed E-state index contributed by atoms with van der Waals surface area (Å²) in [6.07, 6.45) is 0. The number of methoxy groups -OCH3 is 2. The highest BCUT2D eigenvalue weighted by Gasteiger charge is 2.18. The first-order chi connectivity index (χ1) is 11.4. The predicted molar refractivity (Wildman–Crippen MR) is 86.6 cm³/mol. The van der Waals surface area contributed by atoms with Gasteiger partial charge >= 0.3 is 0 Å². The molecular weight excluding hydrogens is 310 g/mol. The topological polar surface area (TPSA) is 94.2 Å². The molecule has 0 unspecified atom stereocenters. The molecule has 0 fully saturated rings. The number of carbonyl (C=O) groups is 1. The molecule has 1 aromatic carbocycles. The van der Waals surface area contributed by atoms with Crippen LogP contribution in [0.1, 0.15) is 27.2 Å². The monoisotopic (exact) mass is 327 g/mol. The summed E-state index contributed by atoms with van der Waals surface area (Å²) in [5.74, 6) is 0.503. The summed E-state index contributed by atoms with van der Waals surface area (Å²) in [6, 6.07) is 6.69. The van der Waals surface area contributed by atoms with Gasteiger partial charge in [-0.2, -0.15) is 10.4 Å². The molecule has 2 rings (SSSR count). The van der Waals surface area contributed by atoms with Crippen LogP contribution in [0.3, 0.4) is 0 Å². The molecule has 124 valence electrons. The molecule has 0 aliphatic heterocycles. The normalized spacial score (nSPS) is 10.1. The van der Waals surface area contributed by atoms with E-state index in [1.54, 1.807) is 32.0 Å². The first-order valence-corrected chi connectivity index (χ1v) is 7.16. The molecule has 0 aliphatic rings. The first-order valence-electron chi connectivity index (χ1n) is 7.16. The lowest BCUT2D eigenvalue weighted by atomic mass is 10.1. The SMILES string of the molecule is COc1ccc(OC)c(C(=O)Cn2nc(C)c(C)c(C#N)c2=O)c1. The van der Waals surface area contributed by atoms with Crippen LogP contribution < -0.4 is 15.0 Å². The molecule has 0 atom stereocenters. The Bertz CT molecular complexity index is 894. The van der Waals surface area contributed by atoms with Crippen LogP contribution in [-0.2, 0) is 6.54 Å². The van der Waals surface area contributed by atoms with Gasteiger partial charge in [-0.1, -0.05) is 0 Å². The van der Waals surface area contributed by atoms with Crippen molar-refractivity contribution in [1.29, 1.82) is 5.26 Å². The minimum Gasteiger partial charge on any atom is -0.497 e. The molecule has 0 bridgehead atoms. The number of Topliss-reactive ketones (excluding diaryl/α,β-unsaturated/α-hetero) is 1. The lowest BCUT2D eigenvalue weighted by Gasteiger charge is -2.11. The zero-order chi connectivity index (χ0) is 17.9. The van der Waals surface area contributed by atoms with Crippen LogP contribution in [0, 0.1) is 25.2 Å². The molecular formula is C17H17N3O4. The van der Waals surface area contributed by atoms with Crippen molar-refractivity contribution in [2.24, 2.45) is 0 Å². The van der Waals surface area contributed by atoms with Gasteiger partial charge in [-0.25, -0.2) is 4.68 Å². The molecule has 0 saturated heterocycles. The molecule has 0 spiro atoms. The van der Waals surface area contributed by atoms with Gasteiger partial charge in [0.1, 0.15) is 29.7 Å². The van der Waals surface area contributed by atoms with Crippen LogP contribution in [0.25, 0.3) is 0 Å². The summed E-state index contributed by atoms with van der Waals surface area (Å²) in [5.41, 5.74) is 0.729. The Labute approximate surface area is 139 Å². The summed E-state index contributed by atoms with van der Waals surface area (Å²) >= 11 is 0. The van der Waals surface area contributed by atoms with Gasteiger partial charge in [-0.05, 0) is 37.6 Å². The van der Waals surface area contributed by atoms with E-state index < -0.39 is 5.56 Å². The molecule has 0 aliphatic carbocycles. The van der Waals surface area contributed by atoms with E-state index >= 15 is 0 Å². The van der Waals surface area contributed by atoms with Gasteiger partial charge in [0, 0.05) is 0 Å². The molecule has 2 aromatic rings. The van der Waals surface area contributed by atoms with Crippen LogP contribution in [0.15, 0.2) is 23.0 Å². The largest absolute Gasteiger partial charge is 0.497 e. The molecule has 24 heavy (non-hydrogen) atoms. The van der Waals surface area contributed by atoms with E-state index in [0.717, 1.165) is 4.68 Å². The smallest absolute Gasteiger partial charge is 0.285 e. The van der Waals surface area contributed by atoms with E-state index in [9.17, 15) is 9.59 Å². The number of rotatable bonds is 5. The minimum atomic E-state index is -0.587. The molecule has 7 heteroatoms. The average Bonchev–Trinajstić information content (AvgIpc) is 2.59. The van der Waals surface area contributed by atoms with Crippen molar-refractivity contribution in [2.75, 3.05) is 14.2 Å². The van der Waals surface area contributed by atoms with Gasteiger partial charge in [-0.15, -0.1) is 0 Å². The zero-order valence-electron chi connectivity index (χ0n) is 13.9. The Morgan fingerprint density at radius 2 is 2.00 bits per heavy atom. The Morgan fingerprint density at radius 3 is 2.58 bits per heavy atom. The van der Waals surface area contributed by atoms with Crippen molar-refractivity contribution in [2.45, 2.75) is 20.4 Å². The minimum absolute atomic E-state index is 0.00657. The van der Waals surface area contributed by atoms with Crippen molar-refractivity contribution < 1.29 is 14.3 Å². The second-order valence-electron chi connectivity index (χ2n) is 5.15. The van der Waals surface area contributed by atoms with Crippen molar-refractivity contribution in [3.05, 3.63) is 50.9 Å². The second kappa shape index (κ2) is 6.96. The van der Waals surface area contributed by atoms with Gasteiger partial charge < -0.3 is 9.47 Å². The van der Waals surface area contributed by atoms with Gasteiger partial charge in [0.15, 0.2) is 5.78 Å². The third kappa shape index (κ3) is 3.13. The van der Waals surface area contributed by atoms with Crippen molar-refractivity contribution in [3.63, 3.8) is 0 Å². The zero-order valence-corrected chi connectivity index (χ0v) is 13.9. The van der Waals surface area contributed by atoms with Gasteiger partial charge in [-0.3, -0.25) is 9.59 Å². The highest BCUT2D eigenvalue weighted by atomic mass is 16.5. The maximum Gasteiger partial charge on any atom is 0.285 e. The van der Waals surface area contributed by atoms with Crippen molar-refractivity contribution >= 4 is 5.78 Å². The number of nitrogens with zero attached hydrogens (tertiary/aromatic N) is 3. The van der Waals surface area contributed by atoms with E-state index in [1.165, 1.54) is 14.2 Å². The molecule has 0 N–H and O–H groups in total. The highest BCUT2D eigenvalue weighted by molar-refractivity contribution is 5.98. The number of ketones is 1. The number of carbonyl (C=O) groups excluding carboxylic acids is 1. The number of aromatic nitrogens is 2. The van der Waals surface area contributed by atoms with E-state index in [2.05, 4.69) is 5.10 Å². The standard InChI is InChI=1S/C17H17N3O4/c1-10-11(2)19-20(17(22)14(10)8-18)9-15(21)13-7-12(23-3)5-6-16(13)24-4/h5-7H,9H2,1-4H3. The number of hydrogen-bond donors (Lipinski definition) is 0. The molecule has 0 radical (unpaired) electrons. The fourth-order valence-corrected chi connectivity index (χ4v) is 2.26. The van der Waals surface area contributed by atoms with Crippen LogP contribution in [0.5, 0.6) is 11.5 Å².